The summed E-state index contributed by atoms with van der Waals surface area (Å²) < 4.78 is 37.9. The number of ether oxygens (including phenoxy) is 2. The molecule has 1 saturated heterocycles. The number of rotatable bonds is 5. The average molecular weight is 382 g/mol. The molecular weight excluding hydrogens is 362 g/mol. The Kier molecular flexibility index (Phi) is 5.51. The van der Waals surface area contributed by atoms with Crippen LogP contribution in [0.3, 0.4) is 0 Å². The molecule has 3 rings (SSSR count). The van der Waals surface area contributed by atoms with E-state index in [9.17, 15) is 8.42 Å². The molecule has 0 bridgehead atoms. The van der Waals surface area contributed by atoms with Gasteiger partial charge in [-0.25, -0.2) is 8.42 Å². The van der Waals surface area contributed by atoms with Gasteiger partial charge >= 0.3 is 0 Å². The van der Waals surface area contributed by atoms with Crippen molar-refractivity contribution in [2.45, 2.75) is 23.8 Å². The topological polar surface area (TPSA) is 55.8 Å². The summed E-state index contributed by atoms with van der Waals surface area (Å²) >= 11 is 5.91. The van der Waals surface area contributed by atoms with Crippen molar-refractivity contribution < 1.29 is 17.9 Å². The highest BCUT2D eigenvalue weighted by molar-refractivity contribution is 7.89. The molecule has 0 spiro atoms. The Morgan fingerprint density at radius 1 is 1.04 bits per heavy atom. The number of benzene rings is 2. The molecule has 0 saturated carbocycles. The summed E-state index contributed by atoms with van der Waals surface area (Å²) in [5.41, 5.74) is 0. The Morgan fingerprint density at radius 3 is 2.28 bits per heavy atom. The molecule has 134 valence electrons. The van der Waals surface area contributed by atoms with Gasteiger partial charge < -0.3 is 9.47 Å². The lowest BCUT2D eigenvalue weighted by atomic mass is 10.1. The molecule has 1 fully saturated rings. The van der Waals surface area contributed by atoms with Crippen molar-refractivity contribution in [1.82, 2.24) is 4.31 Å². The Hall–Kier alpha value is -1.76. The lowest BCUT2D eigenvalue weighted by Crippen LogP contribution is -2.41. The van der Waals surface area contributed by atoms with Crippen LogP contribution in [0.4, 0.5) is 0 Å². The van der Waals surface area contributed by atoms with Crippen molar-refractivity contribution in [2.24, 2.45) is 0 Å². The van der Waals surface area contributed by atoms with Gasteiger partial charge in [-0.05, 0) is 55.3 Å². The number of methoxy groups -OCH3 is 1. The first-order chi connectivity index (χ1) is 12.0. The molecule has 5 nitrogen and oxygen atoms in total. The van der Waals surface area contributed by atoms with E-state index in [0.29, 0.717) is 31.0 Å². The number of hydrogen-bond donors (Lipinski definition) is 0. The smallest absolute Gasteiger partial charge is 0.243 e. The van der Waals surface area contributed by atoms with Gasteiger partial charge in [0, 0.05) is 18.1 Å². The lowest BCUT2D eigenvalue weighted by Gasteiger charge is -2.31. The van der Waals surface area contributed by atoms with Crippen LogP contribution in [-0.4, -0.2) is 39.0 Å². The summed E-state index contributed by atoms with van der Waals surface area (Å²) in [6.45, 7) is 0.853. The van der Waals surface area contributed by atoms with E-state index < -0.39 is 10.0 Å². The summed E-state index contributed by atoms with van der Waals surface area (Å²) in [6, 6.07) is 13.8. The number of sulfonamides is 1. The van der Waals surface area contributed by atoms with Crippen molar-refractivity contribution >= 4 is 21.6 Å². The van der Waals surface area contributed by atoms with Crippen LogP contribution < -0.4 is 9.47 Å². The molecule has 0 radical (unpaired) electrons. The van der Waals surface area contributed by atoms with Crippen LogP contribution in [0.5, 0.6) is 11.5 Å². The summed E-state index contributed by atoms with van der Waals surface area (Å²) in [7, 11) is -1.90. The van der Waals surface area contributed by atoms with Gasteiger partial charge in [-0.3, -0.25) is 0 Å². The fourth-order valence-electron chi connectivity index (χ4n) is 2.81. The van der Waals surface area contributed by atoms with E-state index in [1.165, 1.54) is 10.4 Å². The van der Waals surface area contributed by atoms with E-state index in [4.69, 9.17) is 21.1 Å². The standard InChI is InChI=1S/C18H20ClNO4S/c1-23-15-5-7-16(8-6-15)24-17-9-11-20(12-10-17)25(21,22)18-4-2-3-14(19)13-18/h2-8,13,17H,9-12H2,1H3. The van der Waals surface area contributed by atoms with Crippen LogP contribution >= 0.6 is 11.6 Å². The molecule has 25 heavy (non-hydrogen) atoms. The van der Waals surface area contributed by atoms with Crippen LogP contribution in [0.15, 0.2) is 53.4 Å². The van der Waals surface area contributed by atoms with Gasteiger partial charge in [0.05, 0.1) is 12.0 Å². The van der Waals surface area contributed by atoms with E-state index >= 15 is 0 Å². The first-order valence-corrected chi connectivity index (χ1v) is 9.87. The zero-order valence-corrected chi connectivity index (χ0v) is 15.5. The van der Waals surface area contributed by atoms with Gasteiger partial charge in [0.15, 0.2) is 0 Å². The first-order valence-electron chi connectivity index (χ1n) is 8.05. The predicted molar refractivity (Wildman–Crippen MR) is 96.9 cm³/mol. The molecule has 0 atom stereocenters. The maximum Gasteiger partial charge on any atom is 0.243 e. The Balaban J connectivity index is 1.61. The molecule has 1 aliphatic heterocycles. The van der Waals surface area contributed by atoms with Crippen LogP contribution in [0.1, 0.15) is 12.8 Å². The number of halogens is 1. The summed E-state index contributed by atoms with van der Waals surface area (Å²) in [6.07, 6.45) is 1.29. The van der Waals surface area contributed by atoms with Crippen molar-refractivity contribution in [3.8, 4) is 11.5 Å². The SMILES string of the molecule is COc1ccc(OC2CCN(S(=O)(=O)c3cccc(Cl)c3)CC2)cc1. The maximum atomic E-state index is 12.7. The summed E-state index contributed by atoms with van der Waals surface area (Å²) in [5, 5.41) is 0.416. The third-order valence-electron chi connectivity index (χ3n) is 4.20. The molecule has 0 unspecified atom stereocenters. The zero-order valence-electron chi connectivity index (χ0n) is 13.9. The second-order valence-electron chi connectivity index (χ2n) is 5.85. The maximum absolute atomic E-state index is 12.7. The highest BCUT2D eigenvalue weighted by atomic mass is 35.5. The number of hydrogen-bond acceptors (Lipinski definition) is 4. The van der Waals surface area contributed by atoms with Gasteiger partial charge in [0.1, 0.15) is 17.6 Å². The molecule has 0 aliphatic carbocycles. The molecule has 0 amide bonds. The van der Waals surface area contributed by atoms with Crippen LogP contribution in [0.2, 0.25) is 5.02 Å². The quantitative estimate of drug-likeness (QED) is 0.794. The normalized spacial score (nSPS) is 16.6. The zero-order chi connectivity index (χ0) is 17.9. The minimum atomic E-state index is -3.51. The molecule has 2 aromatic carbocycles. The third-order valence-corrected chi connectivity index (χ3v) is 6.33. The largest absolute Gasteiger partial charge is 0.497 e. The van der Waals surface area contributed by atoms with Crippen molar-refractivity contribution in [3.63, 3.8) is 0 Å². The first kappa shape index (κ1) is 18.0. The van der Waals surface area contributed by atoms with E-state index in [1.54, 1.807) is 25.3 Å². The fourth-order valence-corrected chi connectivity index (χ4v) is 4.58. The second kappa shape index (κ2) is 7.64. The molecule has 7 heteroatoms. The van der Waals surface area contributed by atoms with E-state index in [1.807, 2.05) is 24.3 Å². The van der Waals surface area contributed by atoms with Gasteiger partial charge in [-0.15, -0.1) is 0 Å². The van der Waals surface area contributed by atoms with Crippen LogP contribution in [0.25, 0.3) is 0 Å². The average Bonchev–Trinajstić information content (AvgIpc) is 2.63. The van der Waals surface area contributed by atoms with Gasteiger partial charge in [0.25, 0.3) is 0 Å². The molecular formula is C18H20ClNO4S. The molecule has 1 aliphatic rings. The molecule has 0 N–H and O–H groups in total. The van der Waals surface area contributed by atoms with E-state index in [-0.39, 0.29) is 11.0 Å². The predicted octanol–water partition coefficient (Wildman–Crippen LogP) is 3.58. The van der Waals surface area contributed by atoms with Gasteiger partial charge in [0.2, 0.25) is 10.0 Å². The molecule has 2 aromatic rings. The minimum absolute atomic E-state index is 0.000735. The van der Waals surface area contributed by atoms with Crippen LogP contribution in [-0.2, 0) is 10.0 Å². The summed E-state index contributed by atoms with van der Waals surface area (Å²) in [5.74, 6) is 1.53. The van der Waals surface area contributed by atoms with Crippen LogP contribution in [0, 0.1) is 0 Å². The van der Waals surface area contributed by atoms with Gasteiger partial charge in [-0.1, -0.05) is 17.7 Å². The number of nitrogens with zero attached hydrogens (tertiary/aromatic N) is 1. The fraction of sp³-hybridized carbons (Fsp3) is 0.333. The Bertz CT molecular complexity index is 815. The monoisotopic (exact) mass is 381 g/mol. The Morgan fingerprint density at radius 2 is 1.68 bits per heavy atom. The molecule has 0 aromatic heterocycles. The second-order valence-corrected chi connectivity index (χ2v) is 8.23. The highest BCUT2D eigenvalue weighted by Crippen LogP contribution is 2.26. The summed E-state index contributed by atoms with van der Waals surface area (Å²) in [4.78, 5) is 0.231. The van der Waals surface area contributed by atoms with Gasteiger partial charge in [-0.2, -0.15) is 4.31 Å². The van der Waals surface area contributed by atoms with Crippen molar-refractivity contribution in [2.75, 3.05) is 20.2 Å². The Labute approximate surface area is 153 Å². The third kappa shape index (κ3) is 4.26. The van der Waals surface area contributed by atoms with E-state index in [0.717, 1.165) is 11.5 Å². The highest BCUT2D eigenvalue weighted by Gasteiger charge is 2.30. The minimum Gasteiger partial charge on any atom is -0.497 e. The van der Waals surface area contributed by atoms with Crippen molar-refractivity contribution in [3.05, 3.63) is 53.6 Å². The molecule has 1 heterocycles. The number of piperidine rings is 1. The van der Waals surface area contributed by atoms with Crippen molar-refractivity contribution in [1.29, 1.82) is 0 Å². The lowest BCUT2D eigenvalue weighted by molar-refractivity contribution is 0.135. The van der Waals surface area contributed by atoms with E-state index in [2.05, 4.69) is 0 Å².